The van der Waals surface area contributed by atoms with Crippen LogP contribution < -0.4 is 10.1 Å². The van der Waals surface area contributed by atoms with Gasteiger partial charge in [-0.15, -0.1) is 11.3 Å². The molecule has 1 atom stereocenters. The van der Waals surface area contributed by atoms with Gasteiger partial charge in [0.05, 0.1) is 23.6 Å². The van der Waals surface area contributed by atoms with Crippen molar-refractivity contribution in [1.82, 2.24) is 9.29 Å². The number of carbonyl (C=O) groups excluding carboxylic acids is 1. The van der Waals surface area contributed by atoms with Crippen molar-refractivity contribution in [2.24, 2.45) is 5.92 Å². The van der Waals surface area contributed by atoms with E-state index in [0.717, 1.165) is 34.0 Å². The average Bonchev–Trinajstić information content (AvgIpc) is 3.19. The molecule has 1 unspecified atom stereocenters. The number of nitrogens with one attached hydrogen (secondary N) is 1. The zero-order chi connectivity index (χ0) is 23.6. The molecule has 174 valence electrons. The minimum Gasteiger partial charge on any atom is -0.497 e. The van der Waals surface area contributed by atoms with Gasteiger partial charge in [-0.2, -0.15) is 4.31 Å². The number of methoxy groups -OCH3 is 1. The van der Waals surface area contributed by atoms with Crippen LogP contribution in [0.25, 0.3) is 11.3 Å². The number of sulfonamides is 1. The summed E-state index contributed by atoms with van der Waals surface area (Å²) in [5, 5.41) is 3.33. The maximum absolute atomic E-state index is 13.2. The van der Waals surface area contributed by atoms with Gasteiger partial charge in [-0.3, -0.25) is 4.79 Å². The van der Waals surface area contributed by atoms with Gasteiger partial charge in [0.1, 0.15) is 11.6 Å². The van der Waals surface area contributed by atoms with Crippen molar-refractivity contribution in [2.75, 3.05) is 25.5 Å². The lowest BCUT2D eigenvalue weighted by atomic mass is 9.99. The topological polar surface area (TPSA) is 88.6 Å². The highest BCUT2D eigenvalue weighted by Gasteiger charge is 2.33. The van der Waals surface area contributed by atoms with Crippen LogP contribution in [0.15, 0.2) is 53.4 Å². The van der Waals surface area contributed by atoms with E-state index < -0.39 is 21.8 Å². The molecule has 1 saturated heterocycles. The summed E-state index contributed by atoms with van der Waals surface area (Å²) in [6, 6.07) is 12.2. The standard InChI is InChI=1S/C23H24FN3O4S2/c1-15-21(16-5-9-19(31-2)10-6-16)25-23(32-15)26-22(28)17-4-3-13-27(14-17)33(29,30)20-11-7-18(24)8-12-20/h5-12,17H,3-4,13-14H2,1-2H3,(H,25,26,28). The number of rotatable bonds is 6. The van der Waals surface area contributed by atoms with E-state index in [0.29, 0.717) is 24.5 Å². The fourth-order valence-electron chi connectivity index (χ4n) is 3.80. The number of aryl methyl sites for hydroxylation is 1. The van der Waals surface area contributed by atoms with Gasteiger partial charge < -0.3 is 10.1 Å². The largest absolute Gasteiger partial charge is 0.497 e. The van der Waals surface area contributed by atoms with Gasteiger partial charge in [0.2, 0.25) is 15.9 Å². The lowest BCUT2D eigenvalue weighted by Crippen LogP contribution is -2.43. The third kappa shape index (κ3) is 5.07. The molecule has 0 spiro atoms. The number of aromatic nitrogens is 1. The van der Waals surface area contributed by atoms with Gasteiger partial charge >= 0.3 is 0 Å². The van der Waals surface area contributed by atoms with E-state index >= 15 is 0 Å². The number of hydrogen-bond donors (Lipinski definition) is 1. The predicted molar refractivity (Wildman–Crippen MR) is 125 cm³/mol. The molecule has 0 saturated carbocycles. The first-order chi connectivity index (χ1) is 15.8. The van der Waals surface area contributed by atoms with Gasteiger partial charge in [-0.1, -0.05) is 0 Å². The Labute approximate surface area is 196 Å². The molecule has 1 aliphatic heterocycles. The van der Waals surface area contributed by atoms with Crippen molar-refractivity contribution >= 4 is 32.4 Å². The van der Waals surface area contributed by atoms with E-state index in [9.17, 15) is 17.6 Å². The highest BCUT2D eigenvalue weighted by Crippen LogP contribution is 2.32. The molecule has 1 fully saturated rings. The second-order valence-corrected chi connectivity index (χ2v) is 10.9. The number of piperidine rings is 1. The Morgan fingerprint density at radius 3 is 2.55 bits per heavy atom. The molecule has 0 radical (unpaired) electrons. The molecule has 1 N–H and O–H groups in total. The fourth-order valence-corrected chi connectivity index (χ4v) is 6.17. The smallest absolute Gasteiger partial charge is 0.243 e. The van der Waals surface area contributed by atoms with Crippen LogP contribution in [0, 0.1) is 18.7 Å². The number of benzene rings is 2. The SMILES string of the molecule is COc1ccc(-c2nc(NC(=O)C3CCCN(S(=O)(=O)c4ccc(F)cc4)C3)sc2C)cc1. The Kier molecular flexibility index (Phi) is 6.78. The van der Waals surface area contributed by atoms with Crippen molar-refractivity contribution in [3.05, 3.63) is 59.2 Å². The lowest BCUT2D eigenvalue weighted by molar-refractivity contribution is -0.120. The van der Waals surface area contributed by atoms with Gasteiger partial charge in [0.25, 0.3) is 0 Å². The van der Waals surface area contributed by atoms with Gasteiger partial charge in [-0.25, -0.2) is 17.8 Å². The summed E-state index contributed by atoms with van der Waals surface area (Å²) < 4.78 is 45.5. The molecule has 1 aliphatic rings. The van der Waals surface area contributed by atoms with Crippen molar-refractivity contribution in [3.63, 3.8) is 0 Å². The zero-order valence-electron chi connectivity index (χ0n) is 18.2. The normalized spacial score (nSPS) is 17.0. The quantitative estimate of drug-likeness (QED) is 0.558. The van der Waals surface area contributed by atoms with E-state index in [1.807, 2.05) is 31.2 Å². The number of carbonyl (C=O) groups is 1. The van der Waals surface area contributed by atoms with Crippen LogP contribution in [0.1, 0.15) is 17.7 Å². The van der Waals surface area contributed by atoms with Crippen molar-refractivity contribution in [1.29, 1.82) is 0 Å². The number of nitrogens with zero attached hydrogens (tertiary/aromatic N) is 2. The number of amides is 1. The van der Waals surface area contributed by atoms with Crippen LogP contribution in [0.5, 0.6) is 5.75 Å². The van der Waals surface area contributed by atoms with E-state index in [4.69, 9.17) is 4.74 Å². The number of thiazole rings is 1. The summed E-state index contributed by atoms with van der Waals surface area (Å²) in [5.74, 6) is -0.512. The molecule has 0 aliphatic carbocycles. The Hall–Kier alpha value is -2.82. The molecular weight excluding hydrogens is 465 g/mol. The number of anilines is 1. The molecular formula is C23H24FN3O4S2. The molecule has 2 heterocycles. The highest BCUT2D eigenvalue weighted by molar-refractivity contribution is 7.89. The van der Waals surface area contributed by atoms with Crippen LogP contribution >= 0.6 is 11.3 Å². The maximum Gasteiger partial charge on any atom is 0.243 e. The van der Waals surface area contributed by atoms with E-state index in [2.05, 4.69) is 10.3 Å². The molecule has 7 nitrogen and oxygen atoms in total. The highest BCUT2D eigenvalue weighted by atomic mass is 32.2. The van der Waals surface area contributed by atoms with Gasteiger partial charge in [0, 0.05) is 23.5 Å². The van der Waals surface area contributed by atoms with E-state index in [-0.39, 0.29) is 17.3 Å². The number of halogens is 1. The molecule has 4 rings (SSSR count). The average molecular weight is 490 g/mol. The lowest BCUT2D eigenvalue weighted by Gasteiger charge is -2.31. The summed E-state index contributed by atoms with van der Waals surface area (Å²) in [6.45, 7) is 2.33. The Bertz CT molecular complexity index is 1240. The molecule has 10 heteroatoms. The van der Waals surface area contributed by atoms with Gasteiger partial charge in [-0.05, 0) is 68.3 Å². The van der Waals surface area contributed by atoms with Crippen LogP contribution in [-0.2, 0) is 14.8 Å². The van der Waals surface area contributed by atoms with Crippen molar-refractivity contribution in [2.45, 2.75) is 24.7 Å². The van der Waals surface area contributed by atoms with E-state index in [1.165, 1.54) is 27.8 Å². The minimum atomic E-state index is -3.80. The molecule has 0 bridgehead atoms. The molecule has 1 amide bonds. The Morgan fingerprint density at radius 1 is 1.18 bits per heavy atom. The third-order valence-electron chi connectivity index (χ3n) is 5.60. The summed E-state index contributed by atoms with van der Waals surface area (Å²) >= 11 is 1.37. The molecule has 1 aromatic heterocycles. The minimum absolute atomic E-state index is 0.0182. The molecule has 2 aromatic carbocycles. The second kappa shape index (κ2) is 9.58. The fraction of sp³-hybridized carbons (Fsp3) is 0.304. The first-order valence-corrected chi connectivity index (χ1v) is 12.7. The van der Waals surface area contributed by atoms with Gasteiger partial charge in [0.15, 0.2) is 5.13 Å². The Morgan fingerprint density at radius 2 is 1.88 bits per heavy atom. The van der Waals surface area contributed by atoms with Crippen LogP contribution in [0.3, 0.4) is 0 Å². The van der Waals surface area contributed by atoms with Crippen LogP contribution in [-0.4, -0.2) is 43.8 Å². The number of hydrogen-bond acceptors (Lipinski definition) is 6. The summed E-state index contributed by atoms with van der Waals surface area (Å²) in [7, 11) is -2.19. The molecule has 3 aromatic rings. The summed E-state index contributed by atoms with van der Waals surface area (Å²) in [5.41, 5.74) is 1.70. The third-order valence-corrected chi connectivity index (χ3v) is 8.36. The number of ether oxygens (including phenoxy) is 1. The Balaban J connectivity index is 1.46. The van der Waals surface area contributed by atoms with Crippen LogP contribution in [0.2, 0.25) is 0 Å². The first kappa shape index (κ1) is 23.3. The zero-order valence-corrected chi connectivity index (χ0v) is 19.9. The molecule has 33 heavy (non-hydrogen) atoms. The summed E-state index contributed by atoms with van der Waals surface area (Å²) in [4.78, 5) is 18.5. The predicted octanol–water partition coefficient (Wildman–Crippen LogP) is 4.31. The maximum atomic E-state index is 13.2. The summed E-state index contributed by atoms with van der Waals surface area (Å²) in [6.07, 6.45) is 1.14. The van der Waals surface area contributed by atoms with E-state index in [1.54, 1.807) is 7.11 Å². The van der Waals surface area contributed by atoms with Crippen LogP contribution in [0.4, 0.5) is 9.52 Å². The van der Waals surface area contributed by atoms with Crippen molar-refractivity contribution in [3.8, 4) is 17.0 Å². The van der Waals surface area contributed by atoms with Crippen molar-refractivity contribution < 1.29 is 22.3 Å². The second-order valence-electron chi connectivity index (χ2n) is 7.80. The monoisotopic (exact) mass is 489 g/mol. The first-order valence-electron chi connectivity index (χ1n) is 10.5.